The Morgan fingerprint density at radius 2 is 2.00 bits per heavy atom. The maximum atomic E-state index is 12.1. The van der Waals surface area contributed by atoms with Crippen molar-refractivity contribution in [2.45, 2.75) is 6.92 Å². The third kappa shape index (κ3) is 1.95. The molecule has 2 aromatic heterocycles. The van der Waals surface area contributed by atoms with Crippen LogP contribution < -0.4 is 11.3 Å². The molecule has 0 amide bonds. The molecule has 2 heterocycles. The van der Waals surface area contributed by atoms with E-state index in [9.17, 15) is 4.79 Å². The van der Waals surface area contributed by atoms with Gasteiger partial charge in [0.2, 0.25) is 5.95 Å². The van der Waals surface area contributed by atoms with Gasteiger partial charge in [-0.25, -0.2) is 4.98 Å². The molecule has 0 atom stereocenters. The van der Waals surface area contributed by atoms with E-state index in [2.05, 4.69) is 15.0 Å². The highest BCUT2D eigenvalue weighted by Crippen LogP contribution is 2.21. The summed E-state index contributed by atoms with van der Waals surface area (Å²) in [7, 11) is 0. The summed E-state index contributed by atoms with van der Waals surface area (Å²) in [6.45, 7) is 1.97. The number of nitrogens with zero attached hydrogens (tertiary/aromatic N) is 2. The van der Waals surface area contributed by atoms with Gasteiger partial charge in [0.05, 0.1) is 0 Å². The number of hydrogen-bond acceptors (Lipinski definition) is 4. The molecule has 5 nitrogen and oxygen atoms in total. The Kier molecular flexibility index (Phi) is 2.52. The Bertz CT molecular complexity index is 823. The standard InChI is InChI=1S/C14H12N4O/c1-8-4-2-3-5-10(8)11-6-9-7-16-14(15)18-12(9)17-13(11)19/h2-7H,1H3,(H3,15,16,17,18,19). The average Bonchev–Trinajstić information content (AvgIpc) is 2.39. The van der Waals surface area contributed by atoms with E-state index in [0.29, 0.717) is 11.2 Å². The van der Waals surface area contributed by atoms with Crippen molar-refractivity contribution in [2.75, 3.05) is 5.73 Å². The third-order valence-electron chi connectivity index (χ3n) is 3.05. The van der Waals surface area contributed by atoms with Crippen LogP contribution in [0.1, 0.15) is 5.56 Å². The quantitative estimate of drug-likeness (QED) is 0.692. The van der Waals surface area contributed by atoms with Crippen LogP contribution in [-0.4, -0.2) is 15.0 Å². The van der Waals surface area contributed by atoms with Crippen molar-refractivity contribution in [1.82, 2.24) is 15.0 Å². The molecule has 0 aliphatic heterocycles. The molecule has 0 saturated carbocycles. The third-order valence-corrected chi connectivity index (χ3v) is 3.05. The van der Waals surface area contributed by atoms with E-state index >= 15 is 0 Å². The number of fused-ring (bicyclic) bond motifs is 1. The summed E-state index contributed by atoms with van der Waals surface area (Å²) in [5, 5.41) is 0.757. The van der Waals surface area contributed by atoms with Crippen LogP contribution in [0.25, 0.3) is 22.2 Å². The lowest BCUT2D eigenvalue weighted by atomic mass is 10.0. The number of aryl methyl sites for hydroxylation is 1. The number of aromatic nitrogens is 3. The molecular formula is C14H12N4O. The number of aromatic amines is 1. The van der Waals surface area contributed by atoms with Crippen molar-refractivity contribution in [3.8, 4) is 11.1 Å². The zero-order valence-corrected chi connectivity index (χ0v) is 10.3. The highest BCUT2D eigenvalue weighted by Gasteiger charge is 2.08. The maximum Gasteiger partial charge on any atom is 0.257 e. The van der Waals surface area contributed by atoms with Crippen molar-refractivity contribution in [3.05, 3.63) is 52.4 Å². The molecule has 0 aliphatic rings. The number of anilines is 1. The van der Waals surface area contributed by atoms with Gasteiger partial charge in [0.25, 0.3) is 5.56 Å². The molecule has 1 aromatic carbocycles. The lowest BCUT2D eigenvalue weighted by Gasteiger charge is -2.06. The van der Waals surface area contributed by atoms with Gasteiger partial charge in [-0.1, -0.05) is 24.3 Å². The van der Waals surface area contributed by atoms with Crippen LogP contribution >= 0.6 is 0 Å². The van der Waals surface area contributed by atoms with Crippen LogP contribution in [0.5, 0.6) is 0 Å². The summed E-state index contributed by atoms with van der Waals surface area (Å²) in [6.07, 6.45) is 1.61. The predicted octanol–water partition coefficient (Wildman–Crippen LogP) is 1.88. The summed E-state index contributed by atoms with van der Waals surface area (Å²) in [4.78, 5) is 22.8. The van der Waals surface area contributed by atoms with E-state index in [4.69, 9.17) is 5.73 Å². The lowest BCUT2D eigenvalue weighted by molar-refractivity contribution is 1.17. The molecule has 94 valence electrons. The first-order chi connectivity index (χ1) is 9.15. The number of hydrogen-bond donors (Lipinski definition) is 2. The van der Waals surface area contributed by atoms with Gasteiger partial charge < -0.3 is 10.7 Å². The Morgan fingerprint density at radius 1 is 1.21 bits per heavy atom. The van der Waals surface area contributed by atoms with E-state index in [-0.39, 0.29) is 11.5 Å². The number of pyridine rings is 1. The molecule has 0 aliphatic carbocycles. The number of benzene rings is 1. The van der Waals surface area contributed by atoms with E-state index in [1.807, 2.05) is 31.2 Å². The molecule has 19 heavy (non-hydrogen) atoms. The zero-order chi connectivity index (χ0) is 13.4. The smallest absolute Gasteiger partial charge is 0.257 e. The highest BCUT2D eigenvalue weighted by atomic mass is 16.1. The van der Waals surface area contributed by atoms with Gasteiger partial charge in [-0.05, 0) is 24.1 Å². The fourth-order valence-electron chi connectivity index (χ4n) is 2.08. The number of rotatable bonds is 1. The minimum Gasteiger partial charge on any atom is -0.368 e. The largest absolute Gasteiger partial charge is 0.368 e. The van der Waals surface area contributed by atoms with Gasteiger partial charge in [-0.2, -0.15) is 4.98 Å². The summed E-state index contributed by atoms with van der Waals surface area (Å²) >= 11 is 0. The molecule has 0 spiro atoms. The summed E-state index contributed by atoms with van der Waals surface area (Å²) < 4.78 is 0. The molecule has 3 N–H and O–H groups in total. The monoisotopic (exact) mass is 252 g/mol. The summed E-state index contributed by atoms with van der Waals surface area (Å²) in [6, 6.07) is 9.53. The van der Waals surface area contributed by atoms with Crippen LogP contribution in [0.4, 0.5) is 5.95 Å². The van der Waals surface area contributed by atoms with Crippen LogP contribution in [0.3, 0.4) is 0 Å². The van der Waals surface area contributed by atoms with Crippen molar-refractivity contribution in [3.63, 3.8) is 0 Å². The van der Waals surface area contributed by atoms with E-state index in [1.54, 1.807) is 12.3 Å². The van der Waals surface area contributed by atoms with Gasteiger partial charge >= 0.3 is 0 Å². The molecular weight excluding hydrogens is 240 g/mol. The first kappa shape index (κ1) is 11.4. The Labute approximate surface area is 109 Å². The Balaban J connectivity index is 2.31. The molecule has 3 aromatic rings. The molecule has 0 radical (unpaired) electrons. The Morgan fingerprint density at radius 3 is 2.79 bits per heavy atom. The highest BCUT2D eigenvalue weighted by molar-refractivity contribution is 5.81. The molecule has 0 bridgehead atoms. The van der Waals surface area contributed by atoms with Crippen molar-refractivity contribution >= 4 is 17.0 Å². The second-order valence-corrected chi connectivity index (χ2v) is 4.36. The average molecular weight is 252 g/mol. The van der Waals surface area contributed by atoms with E-state index in [1.165, 1.54) is 0 Å². The van der Waals surface area contributed by atoms with Gasteiger partial charge in [-0.3, -0.25) is 4.79 Å². The summed E-state index contributed by atoms with van der Waals surface area (Å²) in [5.41, 5.74) is 8.34. The lowest BCUT2D eigenvalue weighted by Crippen LogP contribution is -2.11. The van der Waals surface area contributed by atoms with Crippen molar-refractivity contribution in [2.24, 2.45) is 0 Å². The van der Waals surface area contributed by atoms with Crippen LogP contribution in [0.15, 0.2) is 41.3 Å². The van der Waals surface area contributed by atoms with Crippen LogP contribution in [-0.2, 0) is 0 Å². The minimum atomic E-state index is -0.181. The fourth-order valence-corrected chi connectivity index (χ4v) is 2.08. The second kappa shape index (κ2) is 4.20. The maximum absolute atomic E-state index is 12.1. The van der Waals surface area contributed by atoms with Crippen molar-refractivity contribution < 1.29 is 0 Å². The van der Waals surface area contributed by atoms with Crippen LogP contribution in [0, 0.1) is 6.92 Å². The number of nitrogens with two attached hydrogens (primary N) is 1. The van der Waals surface area contributed by atoms with Gasteiger partial charge in [0, 0.05) is 17.1 Å². The fraction of sp³-hybridized carbons (Fsp3) is 0.0714. The molecule has 5 heteroatoms. The van der Waals surface area contributed by atoms with E-state index < -0.39 is 0 Å². The molecule has 0 unspecified atom stereocenters. The van der Waals surface area contributed by atoms with Crippen molar-refractivity contribution in [1.29, 1.82) is 0 Å². The van der Waals surface area contributed by atoms with Crippen LogP contribution in [0.2, 0.25) is 0 Å². The number of nitrogens with one attached hydrogen (secondary N) is 1. The van der Waals surface area contributed by atoms with Gasteiger partial charge in [-0.15, -0.1) is 0 Å². The molecule has 0 saturated heterocycles. The normalized spacial score (nSPS) is 10.8. The number of nitrogen functional groups attached to an aromatic ring is 1. The van der Waals surface area contributed by atoms with Gasteiger partial charge in [0.15, 0.2) is 0 Å². The first-order valence-electron chi connectivity index (χ1n) is 5.87. The number of H-pyrrole nitrogens is 1. The topological polar surface area (TPSA) is 84.7 Å². The minimum absolute atomic E-state index is 0.145. The predicted molar refractivity (Wildman–Crippen MR) is 74.7 cm³/mol. The SMILES string of the molecule is Cc1ccccc1-c1cc2cnc(N)nc2[nH]c1=O. The van der Waals surface area contributed by atoms with Gasteiger partial charge in [0.1, 0.15) is 5.65 Å². The molecule has 3 rings (SSSR count). The van der Waals surface area contributed by atoms with E-state index in [0.717, 1.165) is 16.5 Å². The first-order valence-corrected chi connectivity index (χ1v) is 5.87. The summed E-state index contributed by atoms with van der Waals surface area (Å²) in [5.74, 6) is 0.145. The second-order valence-electron chi connectivity index (χ2n) is 4.36. The zero-order valence-electron chi connectivity index (χ0n) is 10.3. The molecule has 0 fully saturated rings. The Hall–Kier alpha value is -2.69.